The molecule has 0 aliphatic carbocycles. The highest BCUT2D eigenvalue weighted by Gasteiger charge is 2.20. The average Bonchev–Trinajstić information content (AvgIpc) is 2.75. The SMILES string of the molecule is C.CC(C)(C)c1cccc(Oc2ccccc2)c1.CCOC(=O)C(C)Cc1cccc(C(C)(C)C)c1.Cc1ccc(Oc2cccc(C(C)(C)C)c2)cc1.Cc1ccc(Oc2cccc(C(C)(C)C)c2)cc1.Cc1ccc(Oc2cccc(C(C)(C)C)c2)cc1. The second-order valence-corrected chi connectivity index (χ2v) is 28.1. The first-order chi connectivity index (χ1) is 41.7. The minimum absolute atomic E-state index is 0. The lowest BCUT2D eigenvalue weighted by molar-refractivity contribution is -0.147. The van der Waals surface area contributed by atoms with Crippen LogP contribution < -0.4 is 18.9 Å². The Bertz CT molecular complexity index is 3300. The summed E-state index contributed by atoms with van der Waals surface area (Å²) in [5.74, 6) is 6.90. The van der Waals surface area contributed by atoms with Gasteiger partial charge < -0.3 is 23.7 Å². The van der Waals surface area contributed by atoms with Crippen molar-refractivity contribution in [3.05, 3.63) is 275 Å². The minimum atomic E-state index is -0.112. The molecule has 1 unspecified atom stereocenters. The van der Waals surface area contributed by atoms with Crippen molar-refractivity contribution in [3.8, 4) is 46.0 Å². The molecule has 0 bridgehead atoms. The third-order valence-corrected chi connectivity index (χ3v) is 14.6. The van der Waals surface area contributed by atoms with Gasteiger partial charge in [0.2, 0.25) is 0 Å². The topological polar surface area (TPSA) is 63.2 Å². The molecule has 0 aliphatic heterocycles. The molecule has 6 heteroatoms. The van der Waals surface area contributed by atoms with Crippen molar-refractivity contribution >= 4 is 5.97 Å². The number of hydrogen-bond donors (Lipinski definition) is 0. The minimum Gasteiger partial charge on any atom is -0.466 e. The van der Waals surface area contributed by atoms with Crippen LogP contribution in [0.25, 0.3) is 0 Å². The van der Waals surface area contributed by atoms with Gasteiger partial charge in [0.05, 0.1) is 12.5 Å². The van der Waals surface area contributed by atoms with Gasteiger partial charge >= 0.3 is 5.97 Å². The summed E-state index contributed by atoms with van der Waals surface area (Å²) >= 11 is 0. The van der Waals surface area contributed by atoms with Gasteiger partial charge in [-0.2, -0.15) is 0 Å². The van der Waals surface area contributed by atoms with Crippen LogP contribution in [-0.4, -0.2) is 12.6 Å². The summed E-state index contributed by atoms with van der Waals surface area (Å²) in [6, 6.07) is 75.8. The number of hydrogen-bond acceptors (Lipinski definition) is 6. The van der Waals surface area contributed by atoms with Gasteiger partial charge in [-0.15, -0.1) is 0 Å². The predicted molar refractivity (Wildman–Crippen MR) is 382 cm³/mol. The largest absolute Gasteiger partial charge is 0.466 e. The molecular formula is C84H106O6. The maximum atomic E-state index is 11.6. The zero-order valence-electron chi connectivity index (χ0n) is 57.3. The molecule has 90 heavy (non-hydrogen) atoms. The van der Waals surface area contributed by atoms with E-state index in [2.05, 4.69) is 234 Å². The number of carbonyl (C=O) groups is 1. The molecule has 9 aromatic rings. The van der Waals surface area contributed by atoms with Crippen molar-refractivity contribution in [2.75, 3.05) is 6.61 Å². The maximum Gasteiger partial charge on any atom is 0.308 e. The van der Waals surface area contributed by atoms with Crippen LogP contribution in [-0.2, 0) is 43.0 Å². The fraction of sp³-hybridized carbons (Fsp3) is 0.345. The van der Waals surface area contributed by atoms with Crippen LogP contribution in [0.1, 0.15) is 175 Å². The van der Waals surface area contributed by atoms with Gasteiger partial charge in [-0.05, 0) is 192 Å². The van der Waals surface area contributed by atoms with Gasteiger partial charge in [0.15, 0.2) is 0 Å². The number of carbonyl (C=O) groups excluding carboxylic acids is 1. The molecule has 0 radical (unpaired) electrons. The molecule has 0 spiro atoms. The van der Waals surface area contributed by atoms with Gasteiger partial charge in [0.25, 0.3) is 0 Å². The molecule has 0 N–H and O–H groups in total. The molecule has 0 saturated heterocycles. The lowest BCUT2D eigenvalue weighted by Crippen LogP contribution is -2.17. The van der Waals surface area contributed by atoms with Gasteiger partial charge in [-0.3, -0.25) is 4.79 Å². The Balaban J connectivity index is 0.000000240. The first-order valence-corrected chi connectivity index (χ1v) is 31.4. The molecule has 0 aromatic heterocycles. The molecule has 9 rings (SSSR count). The average molecular weight is 1210 g/mol. The Kier molecular flexibility index (Phi) is 28.0. The van der Waals surface area contributed by atoms with E-state index in [9.17, 15) is 4.79 Å². The van der Waals surface area contributed by atoms with Crippen molar-refractivity contribution in [1.82, 2.24) is 0 Å². The van der Waals surface area contributed by atoms with Crippen LogP contribution in [0.4, 0.5) is 0 Å². The van der Waals surface area contributed by atoms with E-state index >= 15 is 0 Å². The Morgan fingerprint density at radius 3 is 0.833 bits per heavy atom. The van der Waals surface area contributed by atoms with E-state index in [0.717, 1.165) is 52.4 Å². The number of esters is 1. The Hall–Kier alpha value is -8.35. The number of ether oxygens (including phenoxy) is 5. The van der Waals surface area contributed by atoms with Crippen molar-refractivity contribution in [3.63, 3.8) is 0 Å². The van der Waals surface area contributed by atoms with Gasteiger partial charge in [-0.25, -0.2) is 0 Å². The second kappa shape index (κ2) is 34.0. The van der Waals surface area contributed by atoms with E-state index in [4.69, 9.17) is 23.7 Å². The van der Waals surface area contributed by atoms with Gasteiger partial charge in [0.1, 0.15) is 46.0 Å². The van der Waals surface area contributed by atoms with Crippen molar-refractivity contribution in [2.45, 2.75) is 179 Å². The monoisotopic (exact) mass is 1210 g/mol. The van der Waals surface area contributed by atoms with Crippen molar-refractivity contribution in [2.24, 2.45) is 5.92 Å². The molecule has 478 valence electrons. The normalized spacial score (nSPS) is 11.6. The highest BCUT2D eigenvalue weighted by molar-refractivity contribution is 5.72. The van der Waals surface area contributed by atoms with Gasteiger partial charge in [0, 0.05) is 0 Å². The van der Waals surface area contributed by atoms with Crippen LogP contribution in [0.3, 0.4) is 0 Å². The second-order valence-electron chi connectivity index (χ2n) is 28.1. The smallest absolute Gasteiger partial charge is 0.308 e. The third-order valence-electron chi connectivity index (χ3n) is 14.6. The zero-order chi connectivity index (χ0) is 65.6. The summed E-state index contributed by atoms with van der Waals surface area (Å²) in [5, 5.41) is 0. The first kappa shape index (κ1) is 74.1. The van der Waals surface area contributed by atoms with Crippen LogP contribution in [0.2, 0.25) is 0 Å². The molecule has 1 atom stereocenters. The summed E-state index contributed by atoms with van der Waals surface area (Å²) in [7, 11) is 0. The van der Waals surface area contributed by atoms with Crippen LogP contribution in [0.5, 0.6) is 46.0 Å². The fourth-order valence-corrected chi connectivity index (χ4v) is 8.84. The third kappa shape index (κ3) is 26.4. The number of aryl methyl sites for hydroxylation is 3. The van der Waals surface area contributed by atoms with E-state index in [1.54, 1.807) is 0 Å². The maximum absolute atomic E-state index is 11.6. The van der Waals surface area contributed by atoms with Crippen LogP contribution in [0, 0.1) is 26.7 Å². The Morgan fingerprint density at radius 2 is 0.567 bits per heavy atom. The molecule has 0 fully saturated rings. The molecule has 6 nitrogen and oxygen atoms in total. The molecule has 0 heterocycles. The van der Waals surface area contributed by atoms with E-state index < -0.39 is 0 Å². The molecule has 0 aliphatic rings. The molecule has 9 aromatic carbocycles. The number of benzene rings is 9. The Labute approximate surface area is 544 Å². The molecule has 0 amide bonds. The summed E-state index contributed by atoms with van der Waals surface area (Å²) in [6.45, 7) is 43.5. The quantitative estimate of drug-likeness (QED) is 0.114. The Morgan fingerprint density at radius 1 is 0.322 bits per heavy atom. The highest BCUT2D eigenvalue weighted by Crippen LogP contribution is 2.33. The highest BCUT2D eigenvalue weighted by atomic mass is 16.5. The summed E-state index contributed by atoms with van der Waals surface area (Å²) in [5.41, 5.74) is 12.1. The van der Waals surface area contributed by atoms with Crippen molar-refractivity contribution in [1.29, 1.82) is 0 Å². The predicted octanol–water partition coefficient (Wildman–Crippen LogP) is 24.4. The van der Waals surface area contributed by atoms with E-state index in [1.807, 2.05) is 129 Å². The van der Waals surface area contributed by atoms with E-state index in [1.165, 1.54) is 50.1 Å². The summed E-state index contributed by atoms with van der Waals surface area (Å²) in [4.78, 5) is 11.6. The van der Waals surface area contributed by atoms with E-state index in [-0.39, 0.29) is 46.4 Å². The van der Waals surface area contributed by atoms with E-state index in [0.29, 0.717) is 6.61 Å². The summed E-state index contributed by atoms with van der Waals surface area (Å²) < 4.78 is 28.5. The number of rotatable bonds is 12. The summed E-state index contributed by atoms with van der Waals surface area (Å²) in [6.07, 6.45) is 0.739. The first-order valence-electron chi connectivity index (χ1n) is 31.4. The lowest BCUT2D eigenvalue weighted by Gasteiger charge is -2.20. The lowest BCUT2D eigenvalue weighted by atomic mass is 9.85. The molecule has 0 saturated carbocycles. The van der Waals surface area contributed by atoms with Crippen molar-refractivity contribution < 1.29 is 28.5 Å². The van der Waals surface area contributed by atoms with Crippen LogP contribution in [0.15, 0.2) is 224 Å². The van der Waals surface area contributed by atoms with Crippen LogP contribution >= 0.6 is 0 Å². The van der Waals surface area contributed by atoms with Gasteiger partial charge in [-0.1, -0.05) is 262 Å². The molecular weight excluding hydrogens is 1100 g/mol. The zero-order valence-corrected chi connectivity index (χ0v) is 57.3. The number of para-hydroxylation sites is 1. The standard InChI is InChI=1S/3C17H20O.C16H24O2.C16H18O.CH4/c3*1-13-8-10-15(11-9-13)18-16-7-5-6-14(12-16)17(2,3)4;1-6-18-15(17)12(2)10-13-8-7-9-14(11-13)16(3,4)5;1-16(2,3)13-8-7-11-15(12-13)17-14-9-5-4-6-10-14;/h3*5-12H,1-4H3;7-9,11-12H,6,10H2,1-5H3;4-12H,1-3H3;1H4. The fourth-order valence-electron chi connectivity index (χ4n) is 8.84.